The fourth-order valence-corrected chi connectivity index (χ4v) is 3.17. The van der Waals surface area contributed by atoms with Crippen LogP contribution >= 0.6 is 0 Å². The molecule has 32 heavy (non-hydrogen) atoms. The average Bonchev–Trinajstić information content (AvgIpc) is 3.21. The van der Waals surface area contributed by atoms with Gasteiger partial charge in [-0.15, -0.1) is 0 Å². The SMILES string of the molecule is O=C(NCCn1ncc2c(=O)n(Cc3ccc(F)cc3)cnc21)c1ccc([N+](=O)[O-])cc1. The molecule has 0 saturated heterocycles. The summed E-state index contributed by atoms with van der Waals surface area (Å²) in [6.45, 7) is 0.738. The van der Waals surface area contributed by atoms with Crippen molar-refractivity contribution in [3.63, 3.8) is 0 Å². The highest BCUT2D eigenvalue weighted by molar-refractivity contribution is 5.94. The van der Waals surface area contributed by atoms with Gasteiger partial charge in [-0.3, -0.25) is 24.3 Å². The first kappa shape index (κ1) is 20.8. The van der Waals surface area contributed by atoms with E-state index >= 15 is 0 Å². The Morgan fingerprint density at radius 3 is 2.53 bits per heavy atom. The quantitative estimate of drug-likeness (QED) is 0.349. The Hall–Kier alpha value is -4.41. The minimum absolute atomic E-state index is 0.0966. The van der Waals surface area contributed by atoms with Crippen LogP contribution in [-0.4, -0.2) is 36.7 Å². The van der Waals surface area contributed by atoms with Gasteiger partial charge in [-0.25, -0.2) is 14.1 Å². The van der Waals surface area contributed by atoms with E-state index in [4.69, 9.17) is 0 Å². The summed E-state index contributed by atoms with van der Waals surface area (Å²) in [6.07, 6.45) is 2.83. The van der Waals surface area contributed by atoms with Crippen molar-refractivity contribution < 1.29 is 14.1 Å². The Bertz CT molecular complexity index is 1350. The summed E-state index contributed by atoms with van der Waals surface area (Å²) in [7, 11) is 0. The standard InChI is InChI=1S/C21H17FN6O4/c22-16-5-1-14(2-6-16)12-26-13-24-19-18(21(26)30)11-25-27(19)10-9-23-20(29)15-3-7-17(8-4-15)28(31)32/h1-8,11,13H,9-10,12H2,(H,23,29). The van der Waals surface area contributed by atoms with E-state index in [2.05, 4.69) is 15.4 Å². The number of hydrogen-bond donors (Lipinski definition) is 1. The molecule has 1 N–H and O–H groups in total. The molecule has 2 aromatic heterocycles. The number of fused-ring (bicyclic) bond motifs is 1. The van der Waals surface area contributed by atoms with Crippen molar-refractivity contribution in [1.82, 2.24) is 24.6 Å². The van der Waals surface area contributed by atoms with Crippen LogP contribution in [0.15, 0.2) is 65.8 Å². The van der Waals surface area contributed by atoms with Gasteiger partial charge in [0.25, 0.3) is 17.2 Å². The number of nitrogens with one attached hydrogen (secondary N) is 1. The monoisotopic (exact) mass is 436 g/mol. The van der Waals surface area contributed by atoms with Gasteiger partial charge in [0.05, 0.1) is 24.2 Å². The molecule has 4 aromatic rings. The second-order valence-electron chi connectivity index (χ2n) is 6.97. The largest absolute Gasteiger partial charge is 0.350 e. The highest BCUT2D eigenvalue weighted by Gasteiger charge is 2.12. The van der Waals surface area contributed by atoms with Gasteiger partial charge in [0.1, 0.15) is 17.5 Å². The molecule has 0 radical (unpaired) electrons. The van der Waals surface area contributed by atoms with Crippen molar-refractivity contribution in [3.05, 3.63) is 98.5 Å². The minimum atomic E-state index is -0.537. The zero-order valence-electron chi connectivity index (χ0n) is 16.6. The molecule has 0 aliphatic rings. The molecule has 10 nitrogen and oxygen atoms in total. The van der Waals surface area contributed by atoms with Crippen LogP contribution < -0.4 is 10.9 Å². The number of halogens is 1. The van der Waals surface area contributed by atoms with Crippen LogP contribution in [0.4, 0.5) is 10.1 Å². The fourth-order valence-electron chi connectivity index (χ4n) is 3.17. The van der Waals surface area contributed by atoms with Crippen LogP contribution in [-0.2, 0) is 13.1 Å². The normalized spacial score (nSPS) is 10.9. The van der Waals surface area contributed by atoms with E-state index in [1.807, 2.05) is 0 Å². The first-order valence-electron chi connectivity index (χ1n) is 9.60. The Balaban J connectivity index is 1.42. The number of non-ortho nitro benzene ring substituents is 1. The summed E-state index contributed by atoms with van der Waals surface area (Å²) >= 11 is 0. The van der Waals surface area contributed by atoms with Gasteiger partial charge in [0.2, 0.25) is 0 Å². The van der Waals surface area contributed by atoms with Gasteiger partial charge in [0.15, 0.2) is 5.65 Å². The number of hydrogen-bond acceptors (Lipinski definition) is 6. The first-order valence-corrected chi connectivity index (χ1v) is 9.60. The number of benzene rings is 2. The van der Waals surface area contributed by atoms with Gasteiger partial charge in [-0.1, -0.05) is 12.1 Å². The van der Waals surface area contributed by atoms with Crippen molar-refractivity contribution in [2.75, 3.05) is 6.54 Å². The number of nitro benzene ring substituents is 1. The highest BCUT2D eigenvalue weighted by atomic mass is 19.1. The maximum atomic E-state index is 13.1. The molecule has 0 atom stereocenters. The summed E-state index contributed by atoms with van der Waals surface area (Å²) in [5.74, 6) is -0.734. The zero-order valence-corrected chi connectivity index (χ0v) is 16.6. The molecular formula is C21H17FN6O4. The number of rotatable bonds is 7. The Morgan fingerprint density at radius 2 is 1.84 bits per heavy atom. The minimum Gasteiger partial charge on any atom is -0.350 e. The van der Waals surface area contributed by atoms with E-state index in [-0.39, 0.29) is 42.6 Å². The number of nitro groups is 1. The lowest BCUT2D eigenvalue weighted by Gasteiger charge is -2.08. The van der Waals surface area contributed by atoms with Crippen molar-refractivity contribution >= 4 is 22.6 Å². The van der Waals surface area contributed by atoms with Gasteiger partial charge in [0, 0.05) is 24.2 Å². The zero-order chi connectivity index (χ0) is 22.7. The maximum absolute atomic E-state index is 13.1. The second-order valence-corrected chi connectivity index (χ2v) is 6.97. The third kappa shape index (κ3) is 4.36. The van der Waals surface area contributed by atoms with E-state index in [0.29, 0.717) is 16.6 Å². The van der Waals surface area contributed by atoms with Crippen LogP contribution in [0.2, 0.25) is 0 Å². The van der Waals surface area contributed by atoms with Gasteiger partial charge >= 0.3 is 0 Å². The van der Waals surface area contributed by atoms with Crippen LogP contribution in [0, 0.1) is 15.9 Å². The number of aromatic nitrogens is 4. The van der Waals surface area contributed by atoms with Gasteiger partial charge < -0.3 is 5.32 Å². The Morgan fingerprint density at radius 1 is 1.12 bits per heavy atom. The first-order chi connectivity index (χ1) is 15.4. The number of carbonyl (C=O) groups excluding carboxylic acids is 1. The lowest BCUT2D eigenvalue weighted by molar-refractivity contribution is -0.384. The summed E-state index contributed by atoms with van der Waals surface area (Å²) in [4.78, 5) is 39.4. The van der Waals surface area contributed by atoms with Crippen molar-refractivity contribution in [2.45, 2.75) is 13.1 Å². The predicted molar refractivity (Wildman–Crippen MR) is 113 cm³/mol. The maximum Gasteiger partial charge on any atom is 0.269 e. The molecule has 0 unspecified atom stereocenters. The summed E-state index contributed by atoms with van der Waals surface area (Å²) in [6, 6.07) is 11.1. The van der Waals surface area contributed by atoms with Crippen LogP contribution in [0.3, 0.4) is 0 Å². The van der Waals surface area contributed by atoms with Crippen molar-refractivity contribution in [1.29, 1.82) is 0 Å². The second kappa shape index (κ2) is 8.76. The van der Waals surface area contributed by atoms with Crippen LogP contribution in [0.5, 0.6) is 0 Å². The van der Waals surface area contributed by atoms with E-state index in [0.717, 1.165) is 5.56 Å². The smallest absolute Gasteiger partial charge is 0.269 e. The lowest BCUT2D eigenvalue weighted by atomic mass is 10.2. The van der Waals surface area contributed by atoms with Crippen molar-refractivity contribution in [3.8, 4) is 0 Å². The number of amides is 1. The third-order valence-electron chi connectivity index (χ3n) is 4.84. The fraction of sp³-hybridized carbons (Fsp3) is 0.143. The number of carbonyl (C=O) groups is 1. The highest BCUT2D eigenvalue weighted by Crippen LogP contribution is 2.12. The van der Waals surface area contributed by atoms with E-state index < -0.39 is 4.92 Å². The summed E-state index contributed by atoms with van der Waals surface area (Å²) < 4.78 is 16.0. The topological polar surface area (TPSA) is 125 Å². The average molecular weight is 436 g/mol. The Labute approximate surface area is 180 Å². The molecule has 0 bridgehead atoms. The molecule has 4 rings (SSSR count). The Kier molecular flexibility index (Phi) is 5.71. The molecule has 2 aromatic carbocycles. The molecular weight excluding hydrogens is 419 g/mol. The molecule has 0 aliphatic carbocycles. The molecule has 0 fully saturated rings. The van der Waals surface area contributed by atoms with Gasteiger partial charge in [-0.2, -0.15) is 5.10 Å². The number of nitrogens with zero attached hydrogens (tertiary/aromatic N) is 5. The van der Waals surface area contributed by atoms with Crippen LogP contribution in [0.1, 0.15) is 15.9 Å². The van der Waals surface area contributed by atoms with Crippen LogP contribution in [0.25, 0.3) is 11.0 Å². The summed E-state index contributed by atoms with van der Waals surface area (Å²) in [5, 5.41) is 17.9. The van der Waals surface area contributed by atoms with E-state index in [9.17, 15) is 24.1 Å². The molecule has 0 aliphatic heterocycles. The summed E-state index contributed by atoms with van der Waals surface area (Å²) in [5.41, 5.74) is 1.06. The molecule has 1 amide bonds. The third-order valence-corrected chi connectivity index (χ3v) is 4.84. The van der Waals surface area contributed by atoms with Crippen molar-refractivity contribution in [2.24, 2.45) is 0 Å². The molecule has 162 valence electrons. The molecule has 0 spiro atoms. The lowest BCUT2D eigenvalue weighted by Crippen LogP contribution is -2.27. The van der Waals surface area contributed by atoms with E-state index in [1.165, 1.54) is 58.2 Å². The molecule has 11 heteroatoms. The van der Waals surface area contributed by atoms with E-state index in [1.54, 1.807) is 12.1 Å². The van der Waals surface area contributed by atoms with Gasteiger partial charge in [-0.05, 0) is 29.8 Å². The predicted octanol–water partition coefficient (Wildman–Crippen LogP) is 2.12. The molecule has 0 saturated carbocycles. The molecule has 2 heterocycles.